The Kier molecular flexibility index (Phi) is 2.38. The summed E-state index contributed by atoms with van der Waals surface area (Å²) in [5.41, 5.74) is 3.89. The third-order valence-corrected chi connectivity index (χ3v) is 5.18. The molecule has 0 amide bonds. The highest BCUT2D eigenvalue weighted by Crippen LogP contribution is 2.57. The third kappa shape index (κ3) is 1.31. The first-order valence-corrected chi connectivity index (χ1v) is 7.12. The van der Waals surface area contributed by atoms with Crippen LogP contribution in [0.4, 0.5) is 0 Å². The lowest BCUT2D eigenvalue weighted by Crippen LogP contribution is -2.29. The molecule has 4 rings (SSSR count). The van der Waals surface area contributed by atoms with Gasteiger partial charge in [0.15, 0.2) is 0 Å². The van der Waals surface area contributed by atoms with E-state index in [9.17, 15) is 20.4 Å². The maximum absolute atomic E-state index is 10.6. The SMILES string of the molecule is Cc1c2c(c(O)c3c1C1C=CC3C1)C(O)C(O)CC2O. The molecule has 3 aliphatic rings. The average Bonchev–Trinajstić information content (AvgIpc) is 3.00. The fraction of sp³-hybridized carbons (Fsp3) is 0.500. The van der Waals surface area contributed by atoms with Crippen LogP contribution in [0.15, 0.2) is 12.2 Å². The van der Waals surface area contributed by atoms with E-state index in [-0.39, 0.29) is 18.1 Å². The first kappa shape index (κ1) is 12.4. The predicted molar refractivity (Wildman–Crippen MR) is 72.6 cm³/mol. The molecule has 0 fully saturated rings. The maximum Gasteiger partial charge on any atom is 0.125 e. The molecule has 0 heterocycles. The van der Waals surface area contributed by atoms with Gasteiger partial charge in [-0.1, -0.05) is 12.2 Å². The van der Waals surface area contributed by atoms with Crippen LogP contribution in [0.3, 0.4) is 0 Å². The summed E-state index contributed by atoms with van der Waals surface area (Å²) in [5, 5.41) is 40.9. The van der Waals surface area contributed by atoms with Gasteiger partial charge in [0.1, 0.15) is 11.9 Å². The van der Waals surface area contributed by atoms with Gasteiger partial charge in [0.2, 0.25) is 0 Å². The van der Waals surface area contributed by atoms with Crippen molar-refractivity contribution >= 4 is 0 Å². The molecule has 0 radical (unpaired) electrons. The van der Waals surface area contributed by atoms with Gasteiger partial charge < -0.3 is 20.4 Å². The van der Waals surface area contributed by atoms with Crippen molar-refractivity contribution in [2.45, 2.75) is 49.9 Å². The molecule has 0 saturated heterocycles. The van der Waals surface area contributed by atoms with E-state index in [4.69, 9.17) is 0 Å². The number of aliphatic hydroxyl groups excluding tert-OH is 3. The molecular formula is C16H18O4. The minimum atomic E-state index is -1.12. The minimum Gasteiger partial charge on any atom is -0.507 e. The van der Waals surface area contributed by atoms with Crippen molar-refractivity contribution < 1.29 is 20.4 Å². The van der Waals surface area contributed by atoms with Gasteiger partial charge in [0.05, 0.1) is 12.2 Å². The van der Waals surface area contributed by atoms with Gasteiger partial charge >= 0.3 is 0 Å². The van der Waals surface area contributed by atoms with E-state index in [0.29, 0.717) is 17.0 Å². The average molecular weight is 274 g/mol. The fourth-order valence-corrected chi connectivity index (χ4v) is 4.33. The first-order valence-electron chi connectivity index (χ1n) is 7.12. The summed E-state index contributed by atoms with van der Waals surface area (Å²) in [6, 6.07) is 0. The molecule has 0 aliphatic heterocycles. The Morgan fingerprint density at radius 2 is 1.55 bits per heavy atom. The molecule has 5 atom stereocenters. The molecule has 0 saturated carbocycles. The van der Waals surface area contributed by atoms with E-state index in [1.807, 2.05) is 6.92 Å². The van der Waals surface area contributed by atoms with Gasteiger partial charge in [0, 0.05) is 29.4 Å². The molecule has 1 aromatic rings. The molecule has 4 nitrogen and oxygen atoms in total. The Labute approximate surface area is 117 Å². The second-order valence-electron chi connectivity index (χ2n) is 6.23. The monoisotopic (exact) mass is 274 g/mol. The highest BCUT2D eigenvalue weighted by Gasteiger charge is 2.43. The Morgan fingerprint density at radius 1 is 0.900 bits per heavy atom. The van der Waals surface area contributed by atoms with Gasteiger partial charge in [-0.2, -0.15) is 0 Å². The van der Waals surface area contributed by atoms with E-state index in [1.165, 1.54) is 0 Å². The molecule has 0 aromatic heterocycles. The largest absolute Gasteiger partial charge is 0.507 e. The lowest BCUT2D eigenvalue weighted by atomic mass is 9.77. The zero-order chi connectivity index (χ0) is 14.2. The Bertz CT molecular complexity index is 634. The number of hydrogen-bond donors (Lipinski definition) is 4. The lowest BCUT2D eigenvalue weighted by molar-refractivity contribution is -0.0303. The molecule has 3 aliphatic carbocycles. The number of allylic oxidation sites excluding steroid dienone is 2. The van der Waals surface area contributed by atoms with Crippen molar-refractivity contribution in [1.29, 1.82) is 0 Å². The van der Waals surface area contributed by atoms with Crippen molar-refractivity contribution in [3.63, 3.8) is 0 Å². The second-order valence-corrected chi connectivity index (χ2v) is 6.23. The smallest absolute Gasteiger partial charge is 0.125 e. The Morgan fingerprint density at radius 3 is 2.25 bits per heavy atom. The van der Waals surface area contributed by atoms with Crippen LogP contribution in [0.25, 0.3) is 0 Å². The number of aliphatic hydroxyl groups is 3. The summed E-state index contributed by atoms with van der Waals surface area (Å²) in [6.45, 7) is 1.94. The van der Waals surface area contributed by atoms with Gasteiger partial charge in [-0.15, -0.1) is 0 Å². The van der Waals surface area contributed by atoms with Gasteiger partial charge in [0.25, 0.3) is 0 Å². The van der Waals surface area contributed by atoms with Gasteiger partial charge in [-0.25, -0.2) is 0 Å². The number of benzene rings is 1. The summed E-state index contributed by atoms with van der Waals surface area (Å²) in [4.78, 5) is 0. The fourth-order valence-electron chi connectivity index (χ4n) is 4.33. The van der Waals surface area contributed by atoms with Crippen LogP contribution < -0.4 is 0 Å². The molecule has 2 bridgehead atoms. The zero-order valence-electron chi connectivity index (χ0n) is 11.2. The lowest BCUT2D eigenvalue weighted by Gasteiger charge is -2.34. The van der Waals surface area contributed by atoms with Crippen LogP contribution in [0.5, 0.6) is 5.75 Å². The van der Waals surface area contributed by atoms with Crippen LogP contribution in [0, 0.1) is 6.92 Å². The number of phenols is 1. The summed E-state index contributed by atoms with van der Waals surface area (Å²) < 4.78 is 0. The Hall–Kier alpha value is -1.36. The topological polar surface area (TPSA) is 80.9 Å². The van der Waals surface area contributed by atoms with Crippen LogP contribution in [-0.4, -0.2) is 26.5 Å². The molecular weight excluding hydrogens is 256 g/mol. The number of hydrogen-bond acceptors (Lipinski definition) is 4. The summed E-state index contributed by atoms with van der Waals surface area (Å²) in [5.74, 6) is 0.576. The molecule has 5 unspecified atom stereocenters. The van der Waals surface area contributed by atoms with E-state index in [0.717, 1.165) is 23.1 Å². The van der Waals surface area contributed by atoms with E-state index in [1.54, 1.807) is 0 Å². The molecule has 0 spiro atoms. The van der Waals surface area contributed by atoms with Crippen LogP contribution in [0.1, 0.15) is 64.7 Å². The number of aromatic hydroxyl groups is 1. The third-order valence-electron chi connectivity index (χ3n) is 5.18. The Balaban J connectivity index is 2.04. The quantitative estimate of drug-likeness (QED) is 0.543. The number of phenolic OH excluding ortho intramolecular Hbond substituents is 1. The molecule has 1 aromatic carbocycles. The number of fused-ring (bicyclic) bond motifs is 6. The zero-order valence-corrected chi connectivity index (χ0v) is 11.2. The second kappa shape index (κ2) is 3.85. The van der Waals surface area contributed by atoms with Crippen molar-refractivity contribution in [1.82, 2.24) is 0 Å². The van der Waals surface area contributed by atoms with Crippen molar-refractivity contribution in [2.75, 3.05) is 0 Å². The normalized spacial score (nSPS) is 37.1. The standard InChI is InChI=1S/C16H18O4/c1-6-11-7-2-3-8(4-7)13(11)16(20)14-12(6)9(17)5-10(18)15(14)19/h2-3,7-10,15,17-20H,4-5H2,1H3. The predicted octanol–water partition coefficient (Wildman–Crippen LogP) is 1.67. The van der Waals surface area contributed by atoms with Crippen LogP contribution in [0.2, 0.25) is 0 Å². The molecule has 106 valence electrons. The molecule has 4 heteroatoms. The van der Waals surface area contributed by atoms with Crippen LogP contribution in [-0.2, 0) is 0 Å². The first-order chi connectivity index (χ1) is 9.50. The van der Waals surface area contributed by atoms with Crippen LogP contribution >= 0.6 is 0 Å². The van der Waals surface area contributed by atoms with Crippen molar-refractivity contribution in [2.24, 2.45) is 0 Å². The summed E-state index contributed by atoms with van der Waals surface area (Å²) in [6.07, 6.45) is 2.34. The summed E-state index contributed by atoms with van der Waals surface area (Å²) >= 11 is 0. The van der Waals surface area contributed by atoms with E-state index >= 15 is 0 Å². The summed E-state index contributed by atoms with van der Waals surface area (Å²) in [7, 11) is 0. The van der Waals surface area contributed by atoms with E-state index < -0.39 is 18.3 Å². The maximum atomic E-state index is 10.6. The minimum absolute atomic E-state index is 0.0720. The van der Waals surface area contributed by atoms with Crippen molar-refractivity contribution in [3.8, 4) is 5.75 Å². The highest BCUT2D eigenvalue weighted by atomic mass is 16.3. The molecule has 20 heavy (non-hydrogen) atoms. The highest BCUT2D eigenvalue weighted by molar-refractivity contribution is 5.65. The van der Waals surface area contributed by atoms with E-state index in [2.05, 4.69) is 12.2 Å². The number of rotatable bonds is 0. The van der Waals surface area contributed by atoms with Crippen molar-refractivity contribution in [3.05, 3.63) is 40.0 Å². The molecule has 4 N–H and O–H groups in total. The van der Waals surface area contributed by atoms with Gasteiger partial charge in [-0.05, 0) is 30.0 Å². The van der Waals surface area contributed by atoms with Gasteiger partial charge in [-0.3, -0.25) is 0 Å².